The van der Waals surface area contributed by atoms with E-state index in [0.29, 0.717) is 25.7 Å². The van der Waals surface area contributed by atoms with Crippen molar-refractivity contribution in [2.24, 2.45) is 0 Å². The lowest BCUT2D eigenvalue weighted by Crippen LogP contribution is -2.22. The molecule has 0 atom stereocenters. The van der Waals surface area contributed by atoms with Gasteiger partial charge in [0.25, 0.3) is 0 Å². The second-order valence-corrected chi connectivity index (χ2v) is 14.0. The summed E-state index contributed by atoms with van der Waals surface area (Å²) in [5.74, 6) is -3.17. The molecule has 0 aromatic heterocycles. The predicted octanol–water partition coefficient (Wildman–Crippen LogP) is 5.34. The van der Waals surface area contributed by atoms with Crippen molar-refractivity contribution in [3.8, 4) is 0 Å². The third-order valence-electron chi connectivity index (χ3n) is 4.57. The molecular formula is C22H18I6N2O9. The Balaban J connectivity index is 1.67. The number of aromatic carboxylic acids is 2. The molecule has 0 fully saturated rings. The van der Waals surface area contributed by atoms with Crippen LogP contribution in [-0.4, -0.2) is 73.6 Å². The molecular weight excluding hydrogens is 1200 g/mol. The minimum absolute atomic E-state index is 0.00709. The van der Waals surface area contributed by atoms with Crippen LogP contribution in [0.15, 0.2) is 12.1 Å². The molecule has 0 amide bonds. The van der Waals surface area contributed by atoms with Crippen molar-refractivity contribution in [3.05, 3.63) is 44.7 Å². The van der Waals surface area contributed by atoms with Gasteiger partial charge in [0, 0.05) is 14.3 Å². The van der Waals surface area contributed by atoms with E-state index in [1.165, 1.54) is 0 Å². The summed E-state index contributed by atoms with van der Waals surface area (Å²) in [6.45, 7) is -0.119. The zero-order valence-corrected chi connectivity index (χ0v) is 32.4. The van der Waals surface area contributed by atoms with E-state index in [1.807, 2.05) is 90.4 Å². The summed E-state index contributed by atoms with van der Waals surface area (Å²) in [7, 11) is 0. The number of carbonyl (C=O) groups excluding carboxylic acids is 2. The zero-order chi connectivity index (χ0) is 29.3. The van der Waals surface area contributed by atoms with Crippen LogP contribution in [0.4, 0.5) is 11.4 Å². The average molecular weight is 1220 g/mol. The van der Waals surface area contributed by atoms with E-state index in [9.17, 15) is 29.4 Å². The number of benzene rings is 2. The van der Waals surface area contributed by atoms with Gasteiger partial charge in [-0.05, 0) is 148 Å². The average Bonchev–Trinajstić information content (AvgIpc) is 2.82. The highest BCUT2D eigenvalue weighted by Crippen LogP contribution is 2.32. The van der Waals surface area contributed by atoms with E-state index in [1.54, 1.807) is 12.1 Å². The molecule has 0 aliphatic rings. The Kier molecular flexibility index (Phi) is 15.8. The number of carboxylic acid groups (broad SMARTS) is 2. The van der Waals surface area contributed by atoms with Crippen LogP contribution in [0, 0.1) is 21.4 Å². The Morgan fingerprint density at radius 3 is 1.31 bits per heavy atom. The van der Waals surface area contributed by atoms with Crippen molar-refractivity contribution >= 4 is 171 Å². The first-order chi connectivity index (χ1) is 18.3. The van der Waals surface area contributed by atoms with Crippen molar-refractivity contribution in [1.82, 2.24) is 0 Å². The lowest BCUT2D eigenvalue weighted by Gasteiger charge is -2.14. The highest BCUT2D eigenvalue weighted by molar-refractivity contribution is 14.1. The molecule has 0 saturated carbocycles. The van der Waals surface area contributed by atoms with Crippen LogP contribution < -0.4 is 10.6 Å². The molecule has 11 nitrogen and oxygen atoms in total. The SMILES string of the molecule is O=C(CNc1c(I)cc(I)c(C(=O)O)c1I)OCCOCCOC(=O)CNc1c(I)cc(I)c(C(=O)O)c1I. The fraction of sp³-hybridized carbons (Fsp3) is 0.273. The van der Waals surface area contributed by atoms with Gasteiger partial charge in [0.15, 0.2) is 0 Å². The van der Waals surface area contributed by atoms with Gasteiger partial charge in [-0.3, -0.25) is 9.59 Å². The van der Waals surface area contributed by atoms with E-state index in [4.69, 9.17) is 14.2 Å². The number of halogens is 6. The van der Waals surface area contributed by atoms with Crippen LogP contribution in [0.3, 0.4) is 0 Å². The Hall–Kier alpha value is 0.260. The van der Waals surface area contributed by atoms with Crippen LogP contribution in [-0.2, 0) is 23.8 Å². The molecule has 0 saturated heterocycles. The third-order valence-corrected chi connectivity index (χ3v) is 10.1. The smallest absolute Gasteiger partial charge is 0.337 e. The topological polar surface area (TPSA) is 160 Å². The molecule has 0 aliphatic heterocycles. The normalized spacial score (nSPS) is 10.6. The van der Waals surface area contributed by atoms with Crippen LogP contribution in [0.2, 0.25) is 0 Å². The molecule has 2 rings (SSSR count). The van der Waals surface area contributed by atoms with Gasteiger partial charge in [0.05, 0.1) is 42.9 Å². The fourth-order valence-electron chi connectivity index (χ4n) is 2.85. The summed E-state index contributed by atoms with van der Waals surface area (Å²) >= 11 is 11.9. The van der Waals surface area contributed by atoms with Crippen LogP contribution in [0.5, 0.6) is 0 Å². The molecule has 0 unspecified atom stereocenters. The van der Waals surface area contributed by atoms with Crippen molar-refractivity contribution in [2.45, 2.75) is 0 Å². The number of nitrogens with one attached hydrogen (secondary N) is 2. The number of hydrogen-bond donors (Lipinski definition) is 4. The standard InChI is InChI=1S/C22H18I6N2O9/c23-9-5-11(25)19(17(27)15(9)21(33)34)29-7-13(31)38-3-1-37-2-4-39-14(32)8-30-20-12(26)6-10(24)16(18(20)28)22(35)36/h5-6,29-30H,1-4,7-8H2,(H,33,34)(H,35,36). The maximum absolute atomic E-state index is 12.0. The highest BCUT2D eigenvalue weighted by atomic mass is 127. The summed E-state index contributed by atoms with van der Waals surface area (Å²) in [6, 6.07) is 3.44. The van der Waals surface area contributed by atoms with Gasteiger partial charge in [-0.1, -0.05) is 0 Å². The molecule has 0 spiro atoms. The Morgan fingerprint density at radius 1 is 0.615 bits per heavy atom. The number of rotatable bonds is 14. The highest BCUT2D eigenvalue weighted by Gasteiger charge is 2.21. The van der Waals surface area contributed by atoms with Crippen molar-refractivity contribution in [1.29, 1.82) is 0 Å². The molecule has 212 valence electrons. The molecule has 39 heavy (non-hydrogen) atoms. The lowest BCUT2D eigenvalue weighted by atomic mass is 10.2. The van der Waals surface area contributed by atoms with Gasteiger partial charge in [-0.25, -0.2) is 9.59 Å². The zero-order valence-electron chi connectivity index (χ0n) is 19.4. The molecule has 17 heteroatoms. The van der Waals surface area contributed by atoms with E-state index in [2.05, 4.69) is 55.8 Å². The summed E-state index contributed by atoms with van der Waals surface area (Å²) in [6.07, 6.45) is 0. The third kappa shape index (κ3) is 10.8. The minimum atomic E-state index is -1.05. The van der Waals surface area contributed by atoms with Gasteiger partial charge >= 0.3 is 23.9 Å². The van der Waals surface area contributed by atoms with Gasteiger partial charge in [-0.15, -0.1) is 0 Å². The summed E-state index contributed by atoms with van der Waals surface area (Å²) < 4.78 is 19.3. The fourth-order valence-corrected chi connectivity index (χ4v) is 11.3. The molecule has 0 aliphatic carbocycles. The van der Waals surface area contributed by atoms with Gasteiger partial charge in [0.2, 0.25) is 0 Å². The molecule has 0 heterocycles. The van der Waals surface area contributed by atoms with E-state index in [0.717, 1.165) is 7.14 Å². The number of anilines is 2. The molecule has 4 N–H and O–H groups in total. The minimum Gasteiger partial charge on any atom is -0.478 e. The Morgan fingerprint density at radius 2 is 0.974 bits per heavy atom. The first-order valence-electron chi connectivity index (χ1n) is 10.5. The van der Waals surface area contributed by atoms with E-state index < -0.39 is 23.9 Å². The summed E-state index contributed by atoms with van der Waals surface area (Å²) in [5, 5.41) is 24.7. The van der Waals surface area contributed by atoms with Crippen molar-refractivity contribution < 1.29 is 43.6 Å². The Bertz CT molecular complexity index is 1180. The lowest BCUT2D eigenvalue weighted by molar-refractivity contribution is -0.144. The van der Waals surface area contributed by atoms with Gasteiger partial charge in [0.1, 0.15) is 26.3 Å². The summed E-state index contributed by atoms with van der Waals surface area (Å²) in [4.78, 5) is 47.1. The molecule has 2 aromatic rings. The van der Waals surface area contributed by atoms with Crippen LogP contribution >= 0.6 is 136 Å². The number of ether oxygens (including phenoxy) is 3. The quantitative estimate of drug-likeness (QED) is 0.110. The maximum atomic E-state index is 12.0. The summed E-state index contributed by atoms with van der Waals surface area (Å²) in [5.41, 5.74) is 1.44. The first-order valence-corrected chi connectivity index (χ1v) is 17.0. The number of esters is 2. The van der Waals surface area contributed by atoms with Crippen LogP contribution in [0.1, 0.15) is 20.7 Å². The molecule has 0 bridgehead atoms. The number of hydrogen-bond acceptors (Lipinski definition) is 9. The maximum Gasteiger partial charge on any atom is 0.337 e. The predicted molar refractivity (Wildman–Crippen MR) is 193 cm³/mol. The molecule has 0 radical (unpaired) electrons. The number of carbonyl (C=O) groups is 4. The largest absolute Gasteiger partial charge is 0.478 e. The van der Waals surface area contributed by atoms with Crippen molar-refractivity contribution in [3.63, 3.8) is 0 Å². The number of carboxylic acids is 2. The van der Waals surface area contributed by atoms with Crippen LogP contribution in [0.25, 0.3) is 0 Å². The second-order valence-electron chi connectivity index (χ2n) is 7.18. The monoisotopic (exact) mass is 1220 g/mol. The molecule has 2 aromatic carbocycles. The van der Waals surface area contributed by atoms with Gasteiger partial charge in [-0.2, -0.15) is 0 Å². The van der Waals surface area contributed by atoms with Crippen molar-refractivity contribution in [2.75, 3.05) is 50.2 Å². The van der Waals surface area contributed by atoms with E-state index in [-0.39, 0.29) is 50.6 Å². The first kappa shape index (κ1) is 35.5. The van der Waals surface area contributed by atoms with E-state index >= 15 is 0 Å². The second kappa shape index (κ2) is 17.4. The Labute approximate surface area is 304 Å². The van der Waals surface area contributed by atoms with Gasteiger partial charge < -0.3 is 35.1 Å².